The molecule has 3 rings (SSSR count). The van der Waals surface area contributed by atoms with Crippen molar-refractivity contribution in [3.8, 4) is 0 Å². The third kappa shape index (κ3) is 8.02. The second kappa shape index (κ2) is 12.6. The molecule has 0 aliphatic rings. The zero-order valence-corrected chi connectivity index (χ0v) is 20.8. The van der Waals surface area contributed by atoms with Gasteiger partial charge in [0.15, 0.2) is 0 Å². The predicted molar refractivity (Wildman–Crippen MR) is 128 cm³/mol. The van der Waals surface area contributed by atoms with Crippen LogP contribution in [-0.4, -0.2) is 55.6 Å². The molecule has 0 spiro atoms. The molecule has 1 heterocycles. The van der Waals surface area contributed by atoms with Crippen LogP contribution in [0.1, 0.15) is 22.8 Å². The SMILES string of the molecule is CC(=O)OCOP(=O)(OCOC(=O)c1ccccc1)OCn1cc(CCN(C)C)c2ccccc21. The van der Waals surface area contributed by atoms with Crippen molar-refractivity contribution in [3.63, 3.8) is 0 Å². The molecule has 0 aliphatic heterocycles. The van der Waals surface area contributed by atoms with E-state index in [4.69, 9.17) is 23.0 Å². The van der Waals surface area contributed by atoms with Gasteiger partial charge in [0.05, 0.1) is 11.1 Å². The van der Waals surface area contributed by atoms with Crippen molar-refractivity contribution in [3.05, 3.63) is 71.9 Å². The Kier molecular flexibility index (Phi) is 9.59. The quantitative estimate of drug-likeness (QED) is 0.192. The fourth-order valence-electron chi connectivity index (χ4n) is 3.19. The summed E-state index contributed by atoms with van der Waals surface area (Å²) in [5, 5.41) is 1.05. The van der Waals surface area contributed by atoms with Crippen LogP contribution in [0.25, 0.3) is 10.9 Å². The van der Waals surface area contributed by atoms with Gasteiger partial charge in [-0.25, -0.2) is 18.4 Å². The van der Waals surface area contributed by atoms with Crippen molar-refractivity contribution in [2.75, 3.05) is 34.2 Å². The monoisotopic (exact) mass is 504 g/mol. The van der Waals surface area contributed by atoms with Crippen LogP contribution in [0.5, 0.6) is 0 Å². The van der Waals surface area contributed by atoms with E-state index in [1.165, 1.54) is 6.92 Å². The fraction of sp³-hybridized carbons (Fsp3) is 0.333. The molecule has 3 aromatic rings. The van der Waals surface area contributed by atoms with Gasteiger partial charge in [-0.2, -0.15) is 0 Å². The number of phosphoric acid groups is 1. The molecule has 0 fully saturated rings. The highest BCUT2D eigenvalue weighted by atomic mass is 31.2. The molecule has 1 unspecified atom stereocenters. The molecular weight excluding hydrogens is 475 g/mol. The summed E-state index contributed by atoms with van der Waals surface area (Å²) in [6.45, 7) is 0.519. The van der Waals surface area contributed by atoms with Gasteiger partial charge in [0.2, 0.25) is 13.6 Å². The van der Waals surface area contributed by atoms with Gasteiger partial charge in [-0.05, 0) is 44.3 Å². The molecular formula is C24H29N2O8P. The zero-order chi connectivity index (χ0) is 25.3. The normalized spacial score (nSPS) is 13.0. The number of aromatic nitrogens is 1. The number of ether oxygens (including phenoxy) is 2. The number of esters is 2. The molecule has 35 heavy (non-hydrogen) atoms. The number of para-hydroxylation sites is 1. The van der Waals surface area contributed by atoms with E-state index in [1.807, 2.05) is 44.6 Å². The zero-order valence-electron chi connectivity index (χ0n) is 19.9. The Balaban J connectivity index is 1.69. The van der Waals surface area contributed by atoms with Gasteiger partial charge < -0.3 is 18.9 Å². The summed E-state index contributed by atoms with van der Waals surface area (Å²) in [5.41, 5.74) is 2.28. The average Bonchev–Trinajstić information content (AvgIpc) is 3.19. The van der Waals surface area contributed by atoms with Crippen LogP contribution in [0.15, 0.2) is 60.8 Å². The number of phosphoric ester groups is 1. The molecule has 1 aromatic heterocycles. The van der Waals surface area contributed by atoms with E-state index in [0.29, 0.717) is 5.56 Å². The van der Waals surface area contributed by atoms with Gasteiger partial charge in [-0.15, -0.1) is 0 Å². The molecule has 0 aliphatic carbocycles. The smallest absolute Gasteiger partial charge is 0.438 e. The number of benzene rings is 2. The van der Waals surface area contributed by atoms with E-state index < -0.39 is 33.3 Å². The molecule has 1 atom stereocenters. The van der Waals surface area contributed by atoms with E-state index >= 15 is 0 Å². The first-order chi connectivity index (χ1) is 16.8. The van der Waals surface area contributed by atoms with Gasteiger partial charge in [-0.1, -0.05) is 36.4 Å². The Hall–Kier alpha value is -3.01. The van der Waals surface area contributed by atoms with Gasteiger partial charge in [0.1, 0.15) is 6.73 Å². The molecule has 0 bridgehead atoms. The van der Waals surface area contributed by atoms with Crippen LogP contribution in [0.3, 0.4) is 0 Å². The minimum Gasteiger partial charge on any atom is -0.438 e. The van der Waals surface area contributed by atoms with Crippen molar-refractivity contribution in [2.24, 2.45) is 0 Å². The largest absolute Gasteiger partial charge is 0.482 e. The van der Waals surface area contributed by atoms with Crippen LogP contribution in [0, 0.1) is 0 Å². The first kappa shape index (κ1) is 26.6. The van der Waals surface area contributed by atoms with Crippen molar-refractivity contribution in [2.45, 2.75) is 20.1 Å². The standard InChI is InChI=1S/C24H29N2O8P/c1-19(27)30-17-33-35(29,34-18-31-24(28)20-9-5-4-6-10-20)32-16-26-15-21(13-14-25(2)3)22-11-7-8-12-23(22)26/h4-12,15H,13-14,16-18H2,1-3H3. The highest BCUT2D eigenvalue weighted by Crippen LogP contribution is 2.50. The molecule has 188 valence electrons. The molecule has 0 saturated heterocycles. The van der Waals surface area contributed by atoms with Crippen LogP contribution in [-0.2, 0) is 45.6 Å². The van der Waals surface area contributed by atoms with Crippen molar-refractivity contribution in [1.29, 1.82) is 0 Å². The fourth-order valence-corrected chi connectivity index (χ4v) is 4.05. The average molecular weight is 504 g/mol. The summed E-state index contributed by atoms with van der Waals surface area (Å²) in [6, 6.07) is 16.0. The summed E-state index contributed by atoms with van der Waals surface area (Å²) in [6.07, 6.45) is 2.73. The Morgan fingerprint density at radius 1 is 0.914 bits per heavy atom. The lowest BCUT2D eigenvalue weighted by Crippen LogP contribution is -2.15. The lowest BCUT2D eigenvalue weighted by Gasteiger charge is -2.18. The van der Waals surface area contributed by atoms with Gasteiger partial charge >= 0.3 is 19.8 Å². The van der Waals surface area contributed by atoms with Crippen LogP contribution in [0.2, 0.25) is 0 Å². The minimum atomic E-state index is -4.27. The number of carbonyl (C=O) groups is 2. The van der Waals surface area contributed by atoms with E-state index in [0.717, 1.165) is 29.4 Å². The number of carbonyl (C=O) groups excluding carboxylic acids is 2. The predicted octanol–water partition coefficient (Wildman–Crippen LogP) is 4.20. The number of likely N-dealkylation sites (N-methyl/N-ethyl adjacent to an activating group) is 1. The molecule has 2 aromatic carbocycles. The molecule has 0 N–H and O–H groups in total. The minimum absolute atomic E-state index is 0.174. The van der Waals surface area contributed by atoms with E-state index in [2.05, 4.69) is 4.90 Å². The van der Waals surface area contributed by atoms with Gasteiger partial charge in [0, 0.05) is 25.1 Å². The molecule has 0 saturated carbocycles. The van der Waals surface area contributed by atoms with E-state index in [9.17, 15) is 14.2 Å². The lowest BCUT2D eigenvalue weighted by molar-refractivity contribution is -0.148. The number of fused-ring (bicyclic) bond motifs is 1. The summed E-state index contributed by atoms with van der Waals surface area (Å²) < 4.78 is 40.5. The number of rotatable bonds is 13. The summed E-state index contributed by atoms with van der Waals surface area (Å²) in [4.78, 5) is 25.3. The topological polar surface area (TPSA) is 106 Å². The van der Waals surface area contributed by atoms with Crippen LogP contribution >= 0.6 is 7.82 Å². The van der Waals surface area contributed by atoms with Crippen molar-refractivity contribution in [1.82, 2.24) is 9.47 Å². The van der Waals surface area contributed by atoms with Crippen molar-refractivity contribution < 1.29 is 37.2 Å². The Bertz CT molecular complexity index is 1180. The Morgan fingerprint density at radius 2 is 1.57 bits per heavy atom. The maximum atomic E-state index is 13.2. The number of hydrogen-bond acceptors (Lipinski definition) is 9. The third-order valence-electron chi connectivity index (χ3n) is 4.94. The molecule has 0 amide bonds. The maximum absolute atomic E-state index is 13.2. The lowest BCUT2D eigenvalue weighted by atomic mass is 10.1. The highest BCUT2D eigenvalue weighted by molar-refractivity contribution is 7.48. The first-order valence-corrected chi connectivity index (χ1v) is 12.3. The summed E-state index contributed by atoms with van der Waals surface area (Å²) >= 11 is 0. The van der Waals surface area contributed by atoms with Gasteiger partial charge in [0.25, 0.3) is 0 Å². The van der Waals surface area contributed by atoms with Gasteiger partial charge in [-0.3, -0.25) is 9.32 Å². The van der Waals surface area contributed by atoms with Crippen LogP contribution in [0.4, 0.5) is 0 Å². The molecule has 11 heteroatoms. The first-order valence-electron chi connectivity index (χ1n) is 10.9. The summed E-state index contributed by atoms with van der Waals surface area (Å²) in [5.74, 6) is -1.30. The summed E-state index contributed by atoms with van der Waals surface area (Å²) in [7, 11) is -0.270. The number of nitrogens with zero attached hydrogens (tertiary/aromatic N) is 2. The second-order valence-corrected chi connectivity index (χ2v) is 9.50. The highest BCUT2D eigenvalue weighted by Gasteiger charge is 2.29. The van der Waals surface area contributed by atoms with Crippen molar-refractivity contribution >= 4 is 30.7 Å². The third-order valence-corrected chi connectivity index (χ3v) is 6.21. The Labute approximate surface area is 203 Å². The van der Waals surface area contributed by atoms with E-state index in [-0.39, 0.29) is 6.73 Å². The molecule has 0 radical (unpaired) electrons. The number of hydrogen-bond donors (Lipinski definition) is 0. The second-order valence-electron chi connectivity index (χ2n) is 7.83. The Morgan fingerprint density at radius 3 is 2.26 bits per heavy atom. The van der Waals surface area contributed by atoms with Crippen LogP contribution < -0.4 is 0 Å². The maximum Gasteiger partial charge on any atom is 0.482 e. The molecule has 10 nitrogen and oxygen atoms in total. The van der Waals surface area contributed by atoms with E-state index in [1.54, 1.807) is 34.9 Å².